The van der Waals surface area contributed by atoms with Gasteiger partial charge in [-0.3, -0.25) is 0 Å². The van der Waals surface area contributed by atoms with Gasteiger partial charge in [-0.2, -0.15) is 0 Å². The maximum Gasteiger partial charge on any atom is 0.155 e. The zero-order valence-electron chi connectivity index (χ0n) is 9.73. The summed E-state index contributed by atoms with van der Waals surface area (Å²) in [5.41, 5.74) is -0.729. The highest BCUT2D eigenvalue weighted by Crippen LogP contribution is 2.28. The molecule has 0 aliphatic rings. The highest BCUT2D eigenvalue weighted by Gasteiger charge is 2.18. The second-order valence-corrected chi connectivity index (χ2v) is 3.74. The van der Waals surface area contributed by atoms with Crippen molar-refractivity contribution < 1.29 is 4.11 Å². The number of aromatic nitrogens is 2. The second-order valence-electron chi connectivity index (χ2n) is 3.00. The molecule has 0 bridgehead atoms. The van der Waals surface area contributed by atoms with Gasteiger partial charge >= 0.3 is 0 Å². The van der Waals surface area contributed by atoms with Crippen molar-refractivity contribution in [2.45, 2.75) is 26.1 Å². The molecule has 0 saturated carbocycles. The van der Waals surface area contributed by atoms with Crippen LogP contribution in [0.2, 0.25) is 10.3 Å². The normalized spacial score (nSPS) is 16.5. The van der Waals surface area contributed by atoms with E-state index < -0.39 is 12.3 Å². The van der Waals surface area contributed by atoms with E-state index in [1.165, 1.54) is 6.07 Å². The number of nitrogens with zero attached hydrogens (tertiary/aromatic N) is 2. The zero-order chi connectivity index (χ0) is 11.9. The van der Waals surface area contributed by atoms with Crippen LogP contribution in [0.15, 0.2) is 6.07 Å². The van der Waals surface area contributed by atoms with E-state index in [9.17, 15) is 0 Å². The molecule has 0 spiro atoms. The lowest BCUT2D eigenvalue weighted by Crippen LogP contribution is -2.13. The first-order valence-electron chi connectivity index (χ1n) is 4.85. The molecule has 0 aliphatic heterocycles. The molecule has 0 fully saturated rings. The monoisotopic (exact) mass is 207 g/mol. The molecule has 1 aromatic heterocycles. The minimum atomic E-state index is -2.18. The first kappa shape index (κ1) is 6.17. The third-order valence-corrected chi connectivity index (χ3v) is 1.86. The molecule has 1 aromatic rings. The standard InChI is InChI=1S/C8H10Cl2N2/c1-8(2,3)5-4-6(9)11-12-7(5)10/h4H,1-3H3/i1D3. The molecular weight excluding hydrogens is 195 g/mol. The number of hydrogen-bond acceptors (Lipinski definition) is 2. The summed E-state index contributed by atoms with van der Waals surface area (Å²) in [4.78, 5) is 0. The predicted octanol–water partition coefficient (Wildman–Crippen LogP) is 3.08. The van der Waals surface area contributed by atoms with E-state index >= 15 is 0 Å². The molecule has 0 amide bonds. The van der Waals surface area contributed by atoms with Gasteiger partial charge < -0.3 is 0 Å². The van der Waals surface area contributed by atoms with E-state index in [0.717, 1.165) is 0 Å². The molecule has 12 heavy (non-hydrogen) atoms. The molecule has 1 heterocycles. The van der Waals surface area contributed by atoms with Crippen LogP contribution in [0.25, 0.3) is 0 Å². The summed E-state index contributed by atoms with van der Waals surface area (Å²) in [5, 5.41) is 7.33. The Morgan fingerprint density at radius 2 is 2.08 bits per heavy atom. The Kier molecular flexibility index (Phi) is 1.64. The molecule has 0 saturated heterocycles. The Labute approximate surface area is 86.1 Å². The SMILES string of the molecule is [2H]C([2H])([2H])C(C)(C)c1cc(Cl)nnc1Cl. The zero-order valence-corrected chi connectivity index (χ0v) is 8.24. The topological polar surface area (TPSA) is 25.8 Å². The highest BCUT2D eigenvalue weighted by molar-refractivity contribution is 6.31. The van der Waals surface area contributed by atoms with Crippen LogP contribution in [-0.4, -0.2) is 10.2 Å². The Hall–Kier alpha value is -0.340. The van der Waals surface area contributed by atoms with Crippen LogP contribution in [0.5, 0.6) is 0 Å². The summed E-state index contributed by atoms with van der Waals surface area (Å²) < 4.78 is 22.3. The summed E-state index contributed by atoms with van der Waals surface area (Å²) in [5.74, 6) is 0. The third kappa shape index (κ3) is 2.08. The number of hydrogen-bond donors (Lipinski definition) is 0. The van der Waals surface area contributed by atoms with Crippen LogP contribution in [-0.2, 0) is 5.41 Å². The van der Waals surface area contributed by atoms with Crippen molar-refractivity contribution in [3.8, 4) is 0 Å². The third-order valence-electron chi connectivity index (χ3n) is 1.39. The maximum absolute atomic E-state index is 7.42. The molecule has 4 heteroatoms. The molecule has 1 rings (SSSR count). The van der Waals surface area contributed by atoms with Crippen molar-refractivity contribution in [3.63, 3.8) is 0 Å². The molecule has 0 radical (unpaired) electrons. The van der Waals surface area contributed by atoms with Gasteiger partial charge in [-0.1, -0.05) is 43.9 Å². The van der Waals surface area contributed by atoms with Crippen molar-refractivity contribution >= 4 is 23.2 Å². The average molecular weight is 208 g/mol. The summed E-state index contributed by atoms with van der Waals surface area (Å²) in [6, 6.07) is 1.43. The predicted molar refractivity (Wildman–Crippen MR) is 50.8 cm³/mol. The van der Waals surface area contributed by atoms with E-state index in [-0.39, 0.29) is 10.3 Å². The molecule has 0 unspecified atom stereocenters. The van der Waals surface area contributed by atoms with E-state index in [1.807, 2.05) is 0 Å². The van der Waals surface area contributed by atoms with Gasteiger partial charge in [0.15, 0.2) is 10.3 Å². The minimum absolute atomic E-state index is 0.0699. The van der Waals surface area contributed by atoms with Gasteiger partial charge in [-0.05, 0) is 17.0 Å². The largest absolute Gasteiger partial charge is 0.155 e. The van der Waals surface area contributed by atoms with E-state index in [4.69, 9.17) is 27.3 Å². The first-order chi connectivity index (χ1) is 6.66. The van der Waals surface area contributed by atoms with E-state index in [2.05, 4.69) is 10.2 Å². The molecule has 2 nitrogen and oxygen atoms in total. The van der Waals surface area contributed by atoms with Gasteiger partial charge in [-0.15, -0.1) is 10.2 Å². The molecule has 0 aliphatic carbocycles. The van der Waals surface area contributed by atoms with Gasteiger partial charge in [0.2, 0.25) is 0 Å². The fourth-order valence-electron chi connectivity index (χ4n) is 0.791. The fourth-order valence-corrected chi connectivity index (χ4v) is 1.27. The molecule has 66 valence electrons. The fraction of sp³-hybridized carbons (Fsp3) is 0.500. The van der Waals surface area contributed by atoms with Crippen LogP contribution in [0, 0.1) is 0 Å². The molecule has 0 N–H and O–H groups in total. The number of halogens is 2. The Bertz CT molecular complexity index is 377. The summed E-state index contributed by atoms with van der Waals surface area (Å²) in [7, 11) is 0. The highest BCUT2D eigenvalue weighted by atomic mass is 35.5. The van der Waals surface area contributed by atoms with Crippen LogP contribution in [0.4, 0.5) is 0 Å². The molecular formula is C8H10Cl2N2. The average Bonchev–Trinajstić information content (AvgIpc) is 2.07. The van der Waals surface area contributed by atoms with Gasteiger partial charge in [0, 0.05) is 4.11 Å². The molecule has 0 aromatic carbocycles. The van der Waals surface area contributed by atoms with Crippen LogP contribution >= 0.6 is 23.2 Å². The van der Waals surface area contributed by atoms with Gasteiger partial charge in [0.05, 0.1) is 0 Å². The van der Waals surface area contributed by atoms with Crippen molar-refractivity contribution in [1.29, 1.82) is 0 Å². The van der Waals surface area contributed by atoms with E-state index in [1.54, 1.807) is 13.8 Å². The lowest BCUT2D eigenvalue weighted by Gasteiger charge is -2.19. The van der Waals surface area contributed by atoms with Crippen LogP contribution < -0.4 is 0 Å². The van der Waals surface area contributed by atoms with Crippen molar-refractivity contribution in [2.75, 3.05) is 0 Å². The van der Waals surface area contributed by atoms with E-state index in [0.29, 0.717) is 5.56 Å². The Balaban J connectivity index is 3.32. The van der Waals surface area contributed by atoms with Gasteiger partial charge in [-0.25, -0.2) is 0 Å². The Morgan fingerprint density at radius 3 is 2.67 bits per heavy atom. The summed E-state index contributed by atoms with van der Waals surface area (Å²) >= 11 is 11.5. The smallest absolute Gasteiger partial charge is 0.137 e. The first-order valence-corrected chi connectivity index (χ1v) is 4.11. The maximum atomic E-state index is 7.42. The summed E-state index contributed by atoms with van der Waals surface area (Å²) in [6.45, 7) is 0.960. The second kappa shape index (κ2) is 3.19. The number of rotatable bonds is 0. The lowest BCUT2D eigenvalue weighted by molar-refractivity contribution is 0.585. The van der Waals surface area contributed by atoms with Crippen LogP contribution in [0.3, 0.4) is 0 Å². The quantitative estimate of drug-likeness (QED) is 0.654. The van der Waals surface area contributed by atoms with Crippen molar-refractivity contribution in [2.24, 2.45) is 0 Å². The van der Waals surface area contributed by atoms with Crippen molar-refractivity contribution in [1.82, 2.24) is 10.2 Å². The summed E-state index contributed by atoms with van der Waals surface area (Å²) in [6.07, 6.45) is 0. The van der Waals surface area contributed by atoms with Gasteiger partial charge in [0.25, 0.3) is 0 Å². The molecule has 0 atom stereocenters. The minimum Gasteiger partial charge on any atom is -0.137 e. The Morgan fingerprint density at radius 1 is 1.42 bits per heavy atom. The van der Waals surface area contributed by atoms with Crippen LogP contribution in [0.1, 0.15) is 30.4 Å². The van der Waals surface area contributed by atoms with Crippen molar-refractivity contribution in [3.05, 3.63) is 21.9 Å². The van der Waals surface area contributed by atoms with Gasteiger partial charge in [0.1, 0.15) is 0 Å². The lowest BCUT2D eigenvalue weighted by atomic mass is 9.89.